The average molecular weight is 281 g/mol. The van der Waals surface area contributed by atoms with Crippen LogP contribution in [0.5, 0.6) is 0 Å². The predicted octanol–water partition coefficient (Wildman–Crippen LogP) is 1.69. The molecule has 19 heavy (non-hydrogen) atoms. The molecule has 2 rings (SSSR count). The Bertz CT molecular complexity index is 539. The first-order chi connectivity index (χ1) is 8.99. The topological polar surface area (TPSA) is 57.6 Å². The van der Waals surface area contributed by atoms with Crippen molar-refractivity contribution < 1.29 is 13.5 Å². The quantitative estimate of drug-likeness (QED) is 0.917. The number of hydrogen-bond donors (Lipinski definition) is 1. The van der Waals surface area contributed by atoms with Gasteiger partial charge in [-0.1, -0.05) is 37.3 Å². The third-order valence-electron chi connectivity index (χ3n) is 3.47. The number of hydrogen-bond acceptors (Lipinski definition) is 3. The van der Waals surface area contributed by atoms with Gasteiger partial charge in [0.25, 0.3) is 0 Å². The third-order valence-corrected chi connectivity index (χ3v) is 5.00. The lowest BCUT2D eigenvalue weighted by atomic mass is 9.98. The Morgan fingerprint density at radius 3 is 2.63 bits per heavy atom. The van der Waals surface area contributed by atoms with Gasteiger partial charge in [0.15, 0.2) is 0 Å². The SMILES string of the molecule is CC1CCN(S(=O)(=O)/C=C/c2ccccc2)CC1O. The molecule has 1 heterocycles. The van der Waals surface area contributed by atoms with E-state index in [1.807, 2.05) is 37.3 Å². The molecular weight excluding hydrogens is 262 g/mol. The molecule has 0 aliphatic carbocycles. The number of piperidine rings is 1. The second kappa shape index (κ2) is 5.86. The van der Waals surface area contributed by atoms with Crippen LogP contribution in [-0.4, -0.2) is 37.0 Å². The standard InChI is InChI=1S/C14H19NO3S/c1-12-7-9-15(11-14(12)16)19(17,18)10-8-13-5-3-2-4-6-13/h2-6,8,10,12,14,16H,7,9,11H2,1H3/b10-8+. The Morgan fingerprint density at radius 1 is 1.32 bits per heavy atom. The van der Waals surface area contributed by atoms with Crippen molar-refractivity contribution >= 4 is 16.1 Å². The normalized spacial score (nSPS) is 25.8. The first-order valence-corrected chi connectivity index (χ1v) is 7.91. The lowest BCUT2D eigenvalue weighted by Gasteiger charge is -2.32. The average Bonchev–Trinajstić information content (AvgIpc) is 2.41. The van der Waals surface area contributed by atoms with Crippen LogP contribution in [0.15, 0.2) is 35.7 Å². The molecule has 1 aromatic carbocycles. The number of nitrogens with zero attached hydrogens (tertiary/aromatic N) is 1. The van der Waals surface area contributed by atoms with Gasteiger partial charge in [-0.2, -0.15) is 4.31 Å². The van der Waals surface area contributed by atoms with E-state index < -0.39 is 16.1 Å². The minimum Gasteiger partial charge on any atom is -0.391 e. The Balaban J connectivity index is 2.09. The summed E-state index contributed by atoms with van der Waals surface area (Å²) in [6, 6.07) is 9.30. The van der Waals surface area contributed by atoms with Gasteiger partial charge in [0, 0.05) is 18.5 Å². The third kappa shape index (κ3) is 3.65. The number of benzene rings is 1. The van der Waals surface area contributed by atoms with Crippen LogP contribution < -0.4 is 0 Å². The lowest BCUT2D eigenvalue weighted by molar-refractivity contribution is 0.0610. The van der Waals surface area contributed by atoms with E-state index in [0.29, 0.717) is 13.0 Å². The molecule has 4 nitrogen and oxygen atoms in total. The Morgan fingerprint density at radius 2 is 2.00 bits per heavy atom. The molecule has 1 aliphatic rings. The van der Waals surface area contributed by atoms with Crippen LogP contribution >= 0.6 is 0 Å². The van der Waals surface area contributed by atoms with Crippen LogP contribution in [0.1, 0.15) is 18.9 Å². The van der Waals surface area contributed by atoms with E-state index in [0.717, 1.165) is 5.56 Å². The van der Waals surface area contributed by atoms with Crippen molar-refractivity contribution in [2.45, 2.75) is 19.4 Å². The molecule has 0 amide bonds. The van der Waals surface area contributed by atoms with Crippen molar-refractivity contribution in [3.63, 3.8) is 0 Å². The molecule has 1 N–H and O–H groups in total. The van der Waals surface area contributed by atoms with Crippen LogP contribution in [0.4, 0.5) is 0 Å². The summed E-state index contributed by atoms with van der Waals surface area (Å²) in [5.74, 6) is 0.157. The zero-order valence-electron chi connectivity index (χ0n) is 10.9. The van der Waals surface area contributed by atoms with E-state index in [1.165, 1.54) is 9.71 Å². The van der Waals surface area contributed by atoms with Gasteiger partial charge in [0.1, 0.15) is 0 Å². The first kappa shape index (κ1) is 14.2. The molecule has 1 aliphatic heterocycles. The fourth-order valence-corrected chi connectivity index (χ4v) is 3.29. The maximum Gasteiger partial charge on any atom is 0.236 e. The van der Waals surface area contributed by atoms with Crippen LogP contribution in [0.3, 0.4) is 0 Å². The summed E-state index contributed by atoms with van der Waals surface area (Å²) in [4.78, 5) is 0. The smallest absolute Gasteiger partial charge is 0.236 e. The molecule has 104 valence electrons. The van der Waals surface area contributed by atoms with Gasteiger partial charge in [-0.15, -0.1) is 0 Å². The van der Waals surface area contributed by atoms with Crippen molar-refractivity contribution in [2.24, 2.45) is 5.92 Å². The summed E-state index contributed by atoms with van der Waals surface area (Å²) in [5.41, 5.74) is 0.844. The molecule has 1 saturated heterocycles. The van der Waals surface area contributed by atoms with Crippen molar-refractivity contribution in [3.05, 3.63) is 41.3 Å². The highest BCUT2D eigenvalue weighted by atomic mass is 32.2. The van der Waals surface area contributed by atoms with Gasteiger partial charge < -0.3 is 5.11 Å². The number of sulfonamides is 1. The van der Waals surface area contributed by atoms with E-state index in [2.05, 4.69) is 0 Å². The summed E-state index contributed by atoms with van der Waals surface area (Å²) in [5, 5.41) is 11.0. The highest BCUT2D eigenvalue weighted by Gasteiger charge is 2.30. The summed E-state index contributed by atoms with van der Waals surface area (Å²) in [6.45, 7) is 2.59. The van der Waals surface area contributed by atoms with Crippen molar-refractivity contribution in [2.75, 3.05) is 13.1 Å². The van der Waals surface area contributed by atoms with Gasteiger partial charge in [-0.25, -0.2) is 8.42 Å². The fourth-order valence-electron chi connectivity index (χ4n) is 2.07. The molecule has 5 heteroatoms. The summed E-state index contributed by atoms with van der Waals surface area (Å²) in [6.07, 6.45) is 1.70. The monoisotopic (exact) mass is 281 g/mol. The van der Waals surface area contributed by atoms with Gasteiger partial charge >= 0.3 is 0 Å². The van der Waals surface area contributed by atoms with Gasteiger partial charge in [0.2, 0.25) is 10.0 Å². The van der Waals surface area contributed by atoms with Crippen LogP contribution in [-0.2, 0) is 10.0 Å². The number of aliphatic hydroxyl groups is 1. The summed E-state index contributed by atoms with van der Waals surface area (Å²) < 4.78 is 25.6. The Labute approximate surface area is 114 Å². The Kier molecular flexibility index (Phi) is 4.39. The fraction of sp³-hybridized carbons (Fsp3) is 0.429. The Hall–Kier alpha value is -1.17. The highest BCUT2D eigenvalue weighted by Crippen LogP contribution is 2.20. The minimum absolute atomic E-state index is 0.157. The van der Waals surface area contributed by atoms with Crippen LogP contribution in [0.25, 0.3) is 6.08 Å². The van der Waals surface area contributed by atoms with Crippen molar-refractivity contribution in [1.29, 1.82) is 0 Å². The summed E-state index contributed by atoms with van der Waals surface area (Å²) in [7, 11) is -3.45. The number of aliphatic hydroxyl groups excluding tert-OH is 1. The molecule has 0 spiro atoms. The maximum atomic E-state index is 12.1. The second-order valence-corrected chi connectivity index (χ2v) is 6.77. The van der Waals surface area contributed by atoms with Gasteiger partial charge in [0.05, 0.1) is 6.10 Å². The second-order valence-electron chi connectivity index (χ2n) is 4.95. The van der Waals surface area contributed by atoms with E-state index in [9.17, 15) is 13.5 Å². The van der Waals surface area contributed by atoms with Crippen LogP contribution in [0.2, 0.25) is 0 Å². The largest absolute Gasteiger partial charge is 0.391 e. The predicted molar refractivity (Wildman–Crippen MR) is 75.8 cm³/mol. The van der Waals surface area contributed by atoms with E-state index in [4.69, 9.17) is 0 Å². The van der Waals surface area contributed by atoms with E-state index in [1.54, 1.807) is 6.08 Å². The molecule has 2 unspecified atom stereocenters. The molecule has 1 aromatic rings. The van der Waals surface area contributed by atoms with Crippen LogP contribution in [0, 0.1) is 5.92 Å². The molecule has 0 bridgehead atoms. The zero-order chi connectivity index (χ0) is 13.9. The summed E-state index contributed by atoms with van der Waals surface area (Å²) >= 11 is 0. The molecule has 0 saturated carbocycles. The van der Waals surface area contributed by atoms with E-state index >= 15 is 0 Å². The number of rotatable bonds is 3. The van der Waals surface area contributed by atoms with E-state index in [-0.39, 0.29) is 12.5 Å². The molecule has 2 atom stereocenters. The first-order valence-electron chi connectivity index (χ1n) is 6.40. The van der Waals surface area contributed by atoms with Crippen molar-refractivity contribution in [1.82, 2.24) is 4.31 Å². The van der Waals surface area contributed by atoms with Gasteiger partial charge in [-0.05, 0) is 24.0 Å². The highest BCUT2D eigenvalue weighted by molar-refractivity contribution is 7.92. The lowest BCUT2D eigenvalue weighted by Crippen LogP contribution is -2.45. The molecule has 1 fully saturated rings. The number of β-amino-alcohol motifs (C(OH)–C–C–N with tert-alkyl or cyclic N) is 1. The zero-order valence-corrected chi connectivity index (χ0v) is 11.8. The maximum absolute atomic E-state index is 12.1. The molecule has 0 radical (unpaired) electrons. The minimum atomic E-state index is -3.45. The van der Waals surface area contributed by atoms with Crippen molar-refractivity contribution in [3.8, 4) is 0 Å². The molecular formula is C14H19NO3S. The molecule has 0 aromatic heterocycles. The van der Waals surface area contributed by atoms with Gasteiger partial charge in [-0.3, -0.25) is 0 Å².